The number of nitrogens with zero attached hydrogens (tertiary/aromatic N) is 1. The molecule has 0 radical (unpaired) electrons. The Morgan fingerprint density at radius 3 is 2.47 bits per heavy atom. The van der Waals surface area contributed by atoms with Crippen LogP contribution in [0.4, 0.5) is 0 Å². The van der Waals surface area contributed by atoms with Crippen LogP contribution in [0.5, 0.6) is 0 Å². The second-order valence-electron chi connectivity index (χ2n) is 10.5. The molecule has 5 heteroatoms. The van der Waals surface area contributed by atoms with E-state index in [1.807, 2.05) is 26.8 Å². The molecule has 5 unspecified atom stereocenters. The first-order chi connectivity index (χ1) is 14.2. The van der Waals surface area contributed by atoms with Gasteiger partial charge in [0.05, 0.1) is 12.0 Å². The van der Waals surface area contributed by atoms with Gasteiger partial charge in [0.15, 0.2) is 0 Å². The van der Waals surface area contributed by atoms with Crippen molar-refractivity contribution in [1.29, 1.82) is 0 Å². The molecule has 4 aliphatic rings. The number of aryl methyl sites for hydroxylation is 1. The Kier molecular flexibility index (Phi) is 4.41. The molecular formula is C25H32N2O3. The highest BCUT2D eigenvalue weighted by atomic mass is 16.5. The zero-order valence-corrected chi connectivity index (χ0v) is 18.4. The van der Waals surface area contributed by atoms with Crippen LogP contribution >= 0.6 is 0 Å². The summed E-state index contributed by atoms with van der Waals surface area (Å²) in [5, 5.41) is 3.25. The van der Waals surface area contributed by atoms with Crippen molar-refractivity contribution in [2.45, 2.75) is 88.6 Å². The number of fused-ring (bicyclic) bond motifs is 1. The lowest BCUT2D eigenvalue weighted by molar-refractivity contribution is -0.145. The fraction of sp³-hybridized carbons (Fsp3) is 0.600. The first kappa shape index (κ1) is 19.8. The lowest BCUT2D eigenvalue weighted by atomic mass is 9.72. The summed E-state index contributed by atoms with van der Waals surface area (Å²) in [5.41, 5.74) is 0.950. The van der Waals surface area contributed by atoms with Crippen LogP contribution < -0.4 is 5.32 Å². The highest BCUT2D eigenvalue weighted by molar-refractivity contribution is 5.97. The molecule has 1 aliphatic carbocycles. The number of nitrogens with one attached hydrogen (secondary N) is 1. The number of hydrogen-bond donors (Lipinski definition) is 1. The SMILES string of the molecule is Cc1ccc(C2C3C=CC4(O3)C2C(=O)N(C(C)(C)C)C4C(=O)NC2CCCC2)cc1. The van der Waals surface area contributed by atoms with E-state index in [-0.39, 0.29) is 35.8 Å². The number of benzene rings is 1. The molecule has 5 rings (SSSR count). The highest BCUT2D eigenvalue weighted by Crippen LogP contribution is 2.59. The predicted molar refractivity (Wildman–Crippen MR) is 115 cm³/mol. The third kappa shape index (κ3) is 2.78. The molecule has 2 saturated heterocycles. The summed E-state index contributed by atoms with van der Waals surface area (Å²) < 4.78 is 6.54. The van der Waals surface area contributed by atoms with E-state index >= 15 is 0 Å². The quantitative estimate of drug-likeness (QED) is 0.779. The Balaban J connectivity index is 1.56. The van der Waals surface area contributed by atoms with Crippen LogP contribution in [0.15, 0.2) is 36.4 Å². The smallest absolute Gasteiger partial charge is 0.246 e. The normalized spacial score (nSPS) is 35.3. The maximum absolute atomic E-state index is 13.9. The topological polar surface area (TPSA) is 58.6 Å². The Morgan fingerprint density at radius 1 is 1.17 bits per heavy atom. The number of carbonyl (C=O) groups is 2. The first-order valence-corrected chi connectivity index (χ1v) is 11.3. The molecule has 1 aromatic carbocycles. The minimum atomic E-state index is -0.882. The molecule has 3 fully saturated rings. The van der Waals surface area contributed by atoms with Crippen molar-refractivity contribution in [3.05, 3.63) is 47.5 Å². The van der Waals surface area contributed by atoms with E-state index in [1.54, 1.807) is 4.90 Å². The zero-order valence-electron chi connectivity index (χ0n) is 18.4. The van der Waals surface area contributed by atoms with Gasteiger partial charge in [0.1, 0.15) is 11.6 Å². The van der Waals surface area contributed by atoms with Gasteiger partial charge in [-0.25, -0.2) is 0 Å². The molecule has 1 N–H and O–H groups in total. The predicted octanol–water partition coefficient (Wildman–Crippen LogP) is 3.47. The monoisotopic (exact) mass is 408 g/mol. The Bertz CT molecular complexity index is 894. The van der Waals surface area contributed by atoms with E-state index < -0.39 is 17.2 Å². The summed E-state index contributed by atoms with van der Waals surface area (Å²) in [6, 6.07) is 7.96. The van der Waals surface area contributed by atoms with Gasteiger partial charge in [0, 0.05) is 17.5 Å². The summed E-state index contributed by atoms with van der Waals surface area (Å²) >= 11 is 0. The van der Waals surface area contributed by atoms with E-state index in [0.717, 1.165) is 31.2 Å². The number of amides is 2. The van der Waals surface area contributed by atoms with Crippen LogP contribution in [0.25, 0.3) is 0 Å². The van der Waals surface area contributed by atoms with Crippen LogP contribution in [-0.4, -0.2) is 46.0 Å². The second-order valence-corrected chi connectivity index (χ2v) is 10.5. The van der Waals surface area contributed by atoms with Gasteiger partial charge in [0.25, 0.3) is 0 Å². The fourth-order valence-corrected chi connectivity index (χ4v) is 6.11. The van der Waals surface area contributed by atoms with E-state index in [4.69, 9.17) is 4.74 Å². The van der Waals surface area contributed by atoms with Crippen molar-refractivity contribution < 1.29 is 14.3 Å². The lowest BCUT2D eigenvalue weighted by Crippen LogP contribution is -2.60. The number of rotatable bonds is 3. The number of likely N-dealkylation sites (tertiary alicyclic amines) is 1. The minimum absolute atomic E-state index is 0.0338. The molecule has 5 nitrogen and oxygen atoms in total. The van der Waals surface area contributed by atoms with Gasteiger partial charge in [-0.1, -0.05) is 54.8 Å². The second kappa shape index (κ2) is 6.68. The maximum atomic E-state index is 13.9. The Hall–Kier alpha value is -2.14. The summed E-state index contributed by atoms with van der Waals surface area (Å²) in [6.45, 7) is 8.09. The first-order valence-electron chi connectivity index (χ1n) is 11.3. The zero-order chi connectivity index (χ0) is 21.3. The van der Waals surface area contributed by atoms with Crippen LogP contribution in [0.2, 0.25) is 0 Å². The van der Waals surface area contributed by atoms with Crippen molar-refractivity contribution in [2.24, 2.45) is 5.92 Å². The number of hydrogen-bond acceptors (Lipinski definition) is 3. The maximum Gasteiger partial charge on any atom is 0.246 e. The highest BCUT2D eigenvalue weighted by Gasteiger charge is 2.72. The van der Waals surface area contributed by atoms with Crippen molar-refractivity contribution in [1.82, 2.24) is 10.2 Å². The van der Waals surface area contributed by atoms with Gasteiger partial charge in [-0.15, -0.1) is 0 Å². The summed E-state index contributed by atoms with van der Waals surface area (Å²) in [6.07, 6.45) is 8.25. The van der Waals surface area contributed by atoms with E-state index in [0.29, 0.717) is 0 Å². The van der Waals surface area contributed by atoms with E-state index in [1.165, 1.54) is 5.56 Å². The van der Waals surface area contributed by atoms with E-state index in [2.05, 4.69) is 42.6 Å². The third-order valence-electron chi connectivity index (χ3n) is 7.41. The summed E-state index contributed by atoms with van der Waals surface area (Å²) in [4.78, 5) is 29.3. The molecule has 3 heterocycles. The van der Waals surface area contributed by atoms with Crippen molar-refractivity contribution in [3.8, 4) is 0 Å². The molecule has 3 aliphatic heterocycles. The summed E-state index contributed by atoms with van der Waals surface area (Å²) in [5.74, 6) is -0.458. The van der Waals surface area contributed by atoms with Crippen molar-refractivity contribution >= 4 is 11.8 Å². The number of ether oxygens (including phenoxy) is 1. The number of carbonyl (C=O) groups excluding carboxylic acids is 2. The third-order valence-corrected chi connectivity index (χ3v) is 7.41. The van der Waals surface area contributed by atoms with Crippen LogP contribution in [0, 0.1) is 12.8 Å². The van der Waals surface area contributed by atoms with Gasteiger partial charge in [-0.05, 0) is 46.1 Å². The fourth-order valence-electron chi connectivity index (χ4n) is 6.11. The Morgan fingerprint density at radius 2 is 1.83 bits per heavy atom. The summed E-state index contributed by atoms with van der Waals surface area (Å²) in [7, 11) is 0. The van der Waals surface area contributed by atoms with Crippen LogP contribution in [0.1, 0.15) is 63.5 Å². The minimum Gasteiger partial charge on any atom is -0.359 e. The molecule has 5 atom stereocenters. The van der Waals surface area contributed by atoms with Crippen molar-refractivity contribution in [3.63, 3.8) is 0 Å². The molecule has 2 amide bonds. The van der Waals surface area contributed by atoms with Gasteiger partial charge in [0.2, 0.25) is 11.8 Å². The molecule has 0 aromatic heterocycles. The molecule has 1 aromatic rings. The van der Waals surface area contributed by atoms with Gasteiger partial charge < -0.3 is 15.0 Å². The largest absolute Gasteiger partial charge is 0.359 e. The van der Waals surface area contributed by atoms with Crippen LogP contribution in [-0.2, 0) is 14.3 Å². The van der Waals surface area contributed by atoms with E-state index in [9.17, 15) is 9.59 Å². The molecular weight excluding hydrogens is 376 g/mol. The van der Waals surface area contributed by atoms with Gasteiger partial charge in [-0.3, -0.25) is 9.59 Å². The molecule has 160 valence electrons. The molecule has 30 heavy (non-hydrogen) atoms. The molecule has 2 bridgehead atoms. The lowest BCUT2D eigenvalue weighted by Gasteiger charge is -2.40. The van der Waals surface area contributed by atoms with Gasteiger partial charge >= 0.3 is 0 Å². The Labute approximate surface area is 178 Å². The standard InChI is InChI=1S/C25H32N2O3/c1-15-9-11-16(12-10-15)19-18-13-14-25(30-18)20(19)23(29)27(24(2,3)4)21(25)22(28)26-17-7-5-6-8-17/h9-14,17-21H,5-8H2,1-4H3,(H,26,28). The van der Waals surface area contributed by atoms with Crippen molar-refractivity contribution in [2.75, 3.05) is 0 Å². The van der Waals surface area contributed by atoms with Crippen LogP contribution in [0.3, 0.4) is 0 Å². The molecule has 1 saturated carbocycles. The van der Waals surface area contributed by atoms with Gasteiger partial charge in [-0.2, -0.15) is 0 Å². The average molecular weight is 409 g/mol. The molecule has 1 spiro atoms. The average Bonchev–Trinajstić information content (AvgIpc) is 3.43.